The number of nitrogens with one attached hydrogen (secondary N) is 1. The SMILES string of the molecule is COCC(COC)(C(=O)NO)S(=O)(=O)N1CCC(Oc2ccc(SC(F)(F)F)cc2)CC1. The largest absolute Gasteiger partial charge is 0.490 e. The number of carbonyl (C=O) groups is 1. The number of halogens is 3. The summed E-state index contributed by atoms with van der Waals surface area (Å²) in [4.78, 5) is 12.3. The van der Waals surface area contributed by atoms with E-state index in [0.29, 0.717) is 5.75 Å². The average Bonchev–Trinajstić information content (AvgIpc) is 2.73. The number of rotatable bonds is 10. The molecule has 0 spiro atoms. The summed E-state index contributed by atoms with van der Waals surface area (Å²) in [5, 5.41) is 9.10. The maximum atomic E-state index is 13.3. The van der Waals surface area contributed by atoms with Gasteiger partial charge in [0.25, 0.3) is 5.91 Å². The van der Waals surface area contributed by atoms with Crippen LogP contribution in [0.3, 0.4) is 0 Å². The minimum Gasteiger partial charge on any atom is -0.490 e. The van der Waals surface area contributed by atoms with Crippen LogP contribution in [0, 0.1) is 0 Å². The molecule has 1 fully saturated rings. The molecule has 0 bridgehead atoms. The molecule has 1 amide bonds. The van der Waals surface area contributed by atoms with Crippen molar-refractivity contribution >= 4 is 27.7 Å². The van der Waals surface area contributed by atoms with Gasteiger partial charge < -0.3 is 14.2 Å². The van der Waals surface area contributed by atoms with E-state index in [1.165, 1.54) is 44.0 Å². The zero-order chi connectivity index (χ0) is 24.0. The predicted octanol–water partition coefficient (Wildman–Crippen LogP) is 2.01. The Kier molecular flexibility index (Phi) is 9.19. The minimum absolute atomic E-state index is 0.0283. The zero-order valence-electron chi connectivity index (χ0n) is 17.4. The summed E-state index contributed by atoms with van der Waals surface area (Å²) < 4.78 is 78.4. The Morgan fingerprint density at radius 1 is 1.16 bits per heavy atom. The summed E-state index contributed by atoms with van der Waals surface area (Å²) in [5.74, 6) is -0.804. The predicted molar refractivity (Wildman–Crippen MR) is 109 cm³/mol. The Balaban J connectivity index is 2.06. The summed E-state index contributed by atoms with van der Waals surface area (Å²) in [7, 11) is -1.84. The van der Waals surface area contributed by atoms with Crippen LogP contribution < -0.4 is 10.2 Å². The van der Waals surface area contributed by atoms with Crippen molar-refractivity contribution in [2.24, 2.45) is 0 Å². The highest BCUT2D eigenvalue weighted by molar-refractivity contribution is 8.00. The van der Waals surface area contributed by atoms with E-state index >= 15 is 0 Å². The van der Waals surface area contributed by atoms with Gasteiger partial charge in [0, 0.05) is 32.2 Å². The Hall–Kier alpha value is -1.58. The van der Waals surface area contributed by atoms with E-state index in [4.69, 9.17) is 19.4 Å². The van der Waals surface area contributed by atoms with Gasteiger partial charge >= 0.3 is 5.51 Å². The summed E-state index contributed by atoms with van der Waals surface area (Å²) in [6.07, 6.45) is 0.206. The van der Waals surface area contributed by atoms with Crippen molar-refractivity contribution in [1.29, 1.82) is 0 Å². The number of benzene rings is 1. The molecule has 0 radical (unpaired) electrons. The van der Waals surface area contributed by atoms with Crippen molar-refractivity contribution in [1.82, 2.24) is 9.79 Å². The van der Waals surface area contributed by atoms with Gasteiger partial charge in [-0.05, 0) is 48.9 Å². The van der Waals surface area contributed by atoms with Crippen LogP contribution in [-0.2, 0) is 24.3 Å². The molecule has 14 heteroatoms. The van der Waals surface area contributed by atoms with Gasteiger partial charge in [-0.15, -0.1) is 0 Å². The van der Waals surface area contributed by atoms with Gasteiger partial charge in [0.1, 0.15) is 11.9 Å². The second kappa shape index (κ2) is 11.0. The van der Waals surface area contributed by atoms with Crippen LogP contribution in [0.15, 0.2) is 29.2 Å². The molecule has 1 aliphatic heterocycles. The van der Waals surface area contributed by atoms with E-state index in [1.54, 1.807) is 0 Å². The molecular formula is C18H25F3N2O7S2. The fourth-order valence-electron chi connectivity index (χ4n) is 3.36. The van der Waals surface area contributed by atoms with Crippen molar-refractivity contribution in [3.8, 4) is 5.75 Å². The molecule has 0 aromatic heterocycles. The highest BCUT2D eigenvalue weighted by Crippen LogP contribution is 2.37. The molecule has 1 aromatic rings. The Labute approximate surface area is 188 Å². The molecule has 1 heterocycles. The van der Waals surface area contributed by atoms with Gasteiger partial charge in [-0.3, -0.25) is 10.0 Å². The minimum atomic E-state index is -4.38. The number of carbonyl (C=O) groups excluding carboxylic acids is 1. The highest BCUT2D eigenvalue weighted by atomic mass is 32.2. The van der Waals surface area contributed by atoms with E-state index in [1.807, 2.05) is 0 Å². The number of thioether (sulfide) groups is 1. The third-order valence-corrected chi connectivity index (χ3v) is 8.06. The number of nitrogens with zero attached hydrogens (tertiary/aromatic N) is 1. The number of amides is 1. The molecule has 1 aliphatic rings. The van der Waals surface area contributed by atoms with Crippen LogP contribution in [0.25, 0.3) is 0 Å². The fourth-order valence-corrected chi connectivity index (χ4v) is 5.90. The van der Waals surface area contributed by atoms with Crippen LogP contribution in [0.5, 0.6) is 5.75 Å². The normalized spacial score (nSPS) is 16.7. The first kappa shape index (κ1) is 26.7. The van der Waals surface area contributed by atoms with Gasteiger partial charge in [-0.2, -0.15) is 13.2 Å². The van der Waals surface area contributed by atoms with Gasteiger partial charge in [0.2, 0.25) is 14.8 Å². The smallest absolute Gasteiger partial charge is 0.446 e. The molecule has 0 saturated carbocycles. The summed E-state index contributed by atoms with van der Waals surface area (Å²) >= 11 is -0.227. The summed E-state index contributed by atoms with van der Waals surface area (Å²) in [5.41, 5.74) is -3.00. The monoisotopic (exact) mass is 502 g/mol. The first-order valence-electron chi connectivity index (χ1n) is 9.43. The van der Waals surface area contributed by atoms with E-state index in [9.17, 15) is 26.4 Å². The lowest BCUT2D eigenvalue weighted by Crippen LogP contribution is -2.63. The lowest BCUT2D eigenvalue weighted by atomic mass is 10.1. The standard InChI is InChI=1S/C18H25F3N2O7S2/c1-28-11-17(12-29-2,16(24)22-25)32(26,27)23-9-7-14(8-10-23)30-13-3-5-15(6-4-13)31-18(19,20)21/h3-6,14,25H,7-12H2,1-2H3,(H,22,24). The molecule has 182 valence electrons. The molecular weight excluding hydrogens is 477 g/mol. The second-order valence-electron chi connectivity index (χ2n) is 7.04. The first-order chi connectivity index (χ1) is 15.0. The van der Waals surface area contributed by atoms with Gasteiger partial charge in [-0.25, -0.2) is 18.2 Å². The first-order valence-corrected chi connectivity index (χ1v) is 11.7. The number of hydrogen-bond donors (Lipinski definition) is 2. The van der Waals surface area contributed by atoms with Crippen LogP contribution in [0.4, 0.5) is 13.2 Å². The Morgan fingerprint density at radius 3 is 2.12 bits per heavy atom. The van der Waals surface area contributed by atoms with Gasteiger partial charge in [0.05, 0.1) is 13.2 Å². The number of hydroxylamine groups is 1. The van der Waals surface area contributed by atoms with Crippen LogP contribution >= 0.6 is 11.8 Å². The van der Waals surface area contributed by atoms with Crippen LogP contribution in [-0.4, -0.2) is 80.7 Å². The van der Waals surface area contributed by atoms with Crippen molar-refractivity contribution in [2.45, 2.75) is 34.1 Å². The Morgan fingerprint density at radius 2 is 1.69 bits per heavy atom. The number of ether oxygens (including phenoxy) is 3. The van der Waals surface area contributed by atoms with E-state index in [-0.39, 0.29) is 48.7 Å². The lowest BCUT2D eigenvalue weighted by molar-refractivity contribution is -0.135. The zero-order valence-corrected chi connectivity index (χ0v) is 19.1. The fraction of sp³-hybridized carbons (Fsp3) is 0.611. The Bertz CT molecular complexity index is 852. The molecule has 2 rings (SSSR count). The van der Waals surface area contributed by atoms with Crippen molar-refractivity contribution in [3.63, 3.8) is 0 Å². The van der Waals surface area contributed by atoms with Gasteiger partial charge in [-0.1, -0.05) is 0 Å². The van der Waals surface area contributed by atoms with E-state index in [2.05, 4.69) is 0 Å². The molecule has 0 unspecified atom stereocenters. The van der Waals surface area contributed by atoms with Gasteiger partial charge in [0.15, 0.2) is 0 Å². The van der Waals surface area contributed by atoms with Crippen molar-refractivity contribution in [2.75, 3.05) is 40.5 Å². The maximum Gasteiger partial charge on any atom is 0.446 e. The topological polar surface area (TPSA) is 114 Å². The van der Waals surface area contributed by atoms with E-state index < -0.39 is 39.4 Å². The summed E-state index contributed by atoms with van der Waals surface area (Å²) in [6.45, 7) is -1.01. The second-order valence-corrected chi connectivity index (χ2v) is 10.4. The molecule has 32 heavy (non-hydrogen) atoms. The third-order valence-electron chi connectivity index (χ3n) is 4.87. The average molecular weight is 503 g/mol. The number of sulfonamides is 1. The lowest BCUT2D eigenvalue weighted by Gasteiger charge is -2.38. The quantitative estimate of drug-likeness (QED) is 0.284. The van der Waals surface area contributed by atoms with Crippen LogP contribution in [0.1, 0.15) is 12.8 Å². The number of piperidine rings is 1. The van der Waals surface area contributed by atoms with Crippen LogP contribution in [0.2, 0.25) is 0 Å². The molecule has 1 saturated heterocycles. The third kappa shape index (κ3) is 6.26. The number of hydrogen-bond acceptors (Lipinski definition) is 8. The maximum absolute atomic E-state index is 13.3. The molecule has 1 aromatic carbocycles. The highest BCUT2D eigenvalue weighted by Gasteiger charge is 2.54. The van der Waals surface area contributed by atoms with E-state index in [0.717, 1.165) is 4.31 Å². The number of methoxy groups -OCH3 is 2. The molecule has 0 aliphatic carbocycles. The molecule has 2 N–H and O–H groups in total. The van der Waals surface area contributed by atoms with Crippen molar-refractivity contribution in [3.05, 3.63) is 24.3 Å². The van der Waals surface area contributed by atoms with Crippen molar-refractivity contribution < 1.29 is 45.8 Å². The number of alkyl halides is 3. The summed E-state index contributed by atoms with van der Waals surface area (Å²) in [6, 6.07) is 5.44. The molecule has 0 atom stereocenters. The molecule has 9 nitrogen and oxygen atoms in total.